The molecule has 3 aromatic rings. The van der Waals surface area contributed by atoms with Crippen LogP contribution in [0.2, 0.25) is 0 Å². The molecule has 1 aromatic carbocycles. The number of carbonyl (C=O) groups excluding carboxylic acids is 1. The summed E-state index contributed by atoms with van der Waals surface area (Å²) in [6.07, 6.45) is 2.90. The topological polar surface area (TPSA) is 47.0 Å². The minimum absolute atomic E-state index is 0.596. The molecular formula is C15H13Cl3N2O2. The van der Waals surface area contributed by atoms with Crippen molar-refractivity contribution in [2.24, 2.45) is 0 Å². The first kappa shape index (κ1) is 15.5. The predicted octanol–water partition coefficient (Wildman–Crippen LogP) is 5.26. The quantitative estimate of drug-likeness (QED) is 0.603. The summed E-state index contributed by atoms with van der Waals surface area (Å²) in [5.74, 6) is 0. The highest BCUT2D eigenvalue weighted by atomic mass is 35.6. The number of nitrogens with zero attached hydrogens (tertiary/aromatic N) is 1. The Hall–Kier alpha value is -1.36. The van der Waals surface area contributed by atoms with Crippen molar-refractivity contribution in [2.45, 2.75) is 23.2 Å². The Morgan fingerprint density at radius 1 is 1.14 bits per heavy atom. The Balaban J connectivity index is 2.02. The van der Waals surface area contributed by atoms with E-state index >= 15 is 0 Å². The average molecular weight is 360 g/mol. The maximum atomic E-state index is 12.4. The van der Waals surface area contributed by atoms with Crippen LogP contribution in [-0.2, 0) is 4.74 Å². The standard InChI is InChI=1S/C15H13Cl3N2O2/c1-14(2,15(16,17)18)22-13(21)20-8-6-10-9-5-7-19-11(9)3-4-12(10)20/h3-8,19H,1-2H3. The van der Waals surface area contributed by atoms with E-state index in [1.165, 1.54) is 4.57 Å². The minimum atomic E-state index is -1.72. The molecule has 2 heterocycles. The third-order valence-electron chi connectivity index (χ3n) is 3.62. The molecule has 0 bridgehead atoms. The van der Waals surface area contributed by atoms with Gasteiger partial charge >= 0.3 is 6.09 Å². The number of rotatable bonds is 1. The van der Waals surface area contributed by atoms with Gasteiger partial charge in [-0.25, -0.2) is 4.79 Å². The second kappa shape index (κ2) is 5.08. The average Bonchev–Trinajstić information content (AvgIpc) is 3.02. The van der Waals surface area contributed by atoms with E-state index < -0.39 is 15.5 Å². The molecule has 22 heavy (non-hydrogen) atoms. The lowest BCUT2D eigenvalue weighted by atomic mass is 10.2. The monoisotopic (exact) mass is 358 g/mol. The van der Waals surface area contributed by atoms with Crippen molar-refractivity contribution >= 4 is 62.7 Å². The molecule has 7 heteroatoms. The van der Waals surface area contributed by atoms with Gasteiger partial charge in [-0.15, -0.1) is 0 Å². The summed E-state index contributed by atoms with van der Waals surface area (Å²) < 4.78 is 5.05. The van der Waals surface area contributed by atoms with Gasteiger partial charge in [0.15, 0.2) is 5.60 Å². The minimum Gasteiger partial charge on any atom is -0.438 e. The maximum Gasteiger partial charge on any atom is 0.419 e. The van der Waals surface area contributed by atoms with Crippen LogP contribution in [0.25, 0.3) is 21.8 Å². The number of H-pyrrole nitrogens is 1. The summed E-state index contributed by atoms with van der Waals surface area (Å²) in [6.45, 7) is 3.10. The number of nitrogens with one attached hydrogen (secondary N) is 1. The number of hydrogen-bond donors (Lipinski definition) is 1. The smallest absolute Gasteiger partial charge is 0.419 e. The second-order valence-corrected chi connectivity index (χ2v) is 7.78. The molecule has 0 aliphatic carbocycles. The van der Waals surface area contributed by atoms with E-state index in [4.69, 9.17) is 39.5 Å². The normalized spacial score (nSPS) is 13.0. The Morgan fingerprint density at radius 2 is 1.86 bits per heavy atom. The van der Waals surface area contributed by atoms with Crippen molar-refractivity contribution in [3.05, 3.63) is 36.7 Å². The highest BCUT2D eigenvalue weighted by Gasteiger charge is 2.44. The fourth-order valence-electron chi connectivity index (χ4n) is 2.24. The molecule has 0 aliphatic rings. The Bertz CT molecular complexity index is 859. The zero-order chi connectivity index (χ0) is 16.1. The fraction of sp³-hybridized carbons (Fsp3) is 0.267. The Labute approximate surface area is 141 Å². The number of ether oxygens (including phenoxy) is 1. The molecule has 0 saturated heterocycles. The summed E-state index contributed by atoms with van der Waals surface area (Å²) in [7, 11) is 0. The lowest BCUT2D eigenvalue weighted by molar-refractivity contribution is 0.0433. The number of aromatic nitrogens is 2. The number of benzene rings is 1. The highest BCUT2D eigenvalue weighted by molar-refractivity contribution is 6.68. The lowest BCUT2D eigenvalue weighted by Crippen LogP contribution is -2.42. The van der Waals surface area contributed by atoms with Gasteiger partial charge in [-0.05, 0) is 38.1 Å². The molecule has 0 amide bonds. The van der Waals surface area contributed by atoms with Crippen LogP contribution in [-0.4, -0.2) is 25.0 Å². The van der Waals surface area contributed by atoms with Gasteiger partial charge in [0.25, 0.3) is 0 Å². The van der Waals surface area contributed by atoms with Gasteiger partial charge in [0.2, 0.25) is 3.79 Å². The van der Waals surface area contributed by atoms with Crippen LogP contribution in [0.1, 0.15) is 13.8 Å². The van der Waals surface area contributed by atoms with E-state index in [9.17, 15) is 4.79 Å². The summed E-state index contributed by atoms with van der Waals surface area (Å²) >= 11 is 17.6. The molecular weight excluding hydrogens is 347 g/mol. The van der Waals surface area contributed by atoms with E-state index in [1.807, 2.05) is 30.5 Å². The number of halogens is 3. The van der Waals surface area contributed by atoms with Crippen LogP contribution >= 0.6 is 34.8 Å². The van der Waals surface area contributed by atoms with Gasteiger partial charge in [-0.2, -0.15) is 0 Å². The van der Waals surface area contributed by atoms with Crippen molar-refractivity contribution in [1.29, 1.82) is 0 Å². The van der Waals surface area contributed by atoms with Crippen molar-refractivity contribution in [3.63, 3.8) is 0 Å². The van der Waals surface area contributed by atoms with Crippen molar-refractivity contribution < 1.29 is 9.53 Å². The van der Waals surface area contributed by atoms with Crippen LogP contribution in [0.4, 0.5) is 4.79 Å². The number of hydrogen-bond acceptors (Lipinski definition) is 2. The van der Waals surface area contributed by atoms with Gasteiger partial charge in [0.05, 0.1) is 5.52 Å². The number of alkyl halides is 3. The van der Waals surface area contributed by atoms with Crippen LogP contribution in [0.5, 0.6) is 0 Å². The molecule has 0 fully saturated rings. The molecule has 2 aromatic heterocycles. The maximum absolute atomic E-state index is 12.4. The summed E-state index contributed by atoms with van der Waals surface area (Å²) in [4.78, 5) is 15.5. The second-order valence-electron chi connectivity index (χ2n) is 5.50. The molecule has 0 radical (unpaired) electrons. The van der Waals surface area contributed by atoms with Gasteiger partial charge in [0.1, 0.15) is 0 Å². The first-order chi connectivity index (χ1) is 10.2. The molecule has 0 unspecified atom stereocenters. The molecule has 0 saturated carbocycles. The number of aromatic amines is 1. The number of carbonyl (C=O) groups is 1. The van der Waals surface area contributed by atoms with Crippen LogP contribution in [0.15, 0.2) is 36.7 Å². The number of fused-ring (bicyclic) bond motifs is 3. The fourth-order valence-corrected chi connectivity index (χ4v) is 2.36. The van der Waals surface area contributed by atoms with Crippen molar-refractivity contribution in [2.75, 3.05) is 0 Å². The summed E-state index contributed by atoms with van der Waals surface area (Å²) in [6, 6.07) is 7.56. The molecule has 3 rings (SSSR count). The largest absolute Gasteiger partial charge is 0.438 e. The van der Waals surface area contributed by atoms with Crippen LogP contribution in [0.3, 0.4) is 0 Å². The van der Waals surface area contributed by atoms with E-state index in [0.29, 0.717) is 0 Å². The zero-order valence-electron chi connectivity index (χ0n) is 11.9. The first-order valence-corrected chi connectivity index (χ1v) is 7.71. The van der Waals surface area contributed by atoms with E-state index in [1.54, 1.807) is 20.0 Å². The zero-order valence-corrected chi connectivity index (χ0v) is 14.1. The Morgan fingerprint density at radius 3 is 2.55 bits per heavy atom. The highest BCUT2D eigenvalue weighted by Crippen LogP contribution is 2.40. The van der Waals surface area contributed by atoms with Gasteiger partial charge in [-0.1, -0.05) is 34.8 Å². The molecule has 0 atom stereocenters. The third-order valence-corrected chi connectivity index (χ3v) is 4.99. The van der Waals surface area contributed by atoms with Gasteiger partial charge < -0.3 is 9.72 Å². The molecule has 0 aliphatic heterocycles. The molecule has 0 spiro atoms. The van der Waals surface area contributed by atoms with Crippen LogP contribution in [0, 0.1) is 0 Å². The third kappa shape index (κ3) is 2.45. The van der Waals surface area contributed by atoms with Gasteiger partial charge in [0, 0.05) is 28.7 Å². The van der Waals surface area contributed by atoms with E-state index in [2.05, 4.69) is 4.98 Å². The van der Waals surface area contributed by atoms with Gasteiger partial charge in [-0.3, -0.25) is 4.57 Å². The van der Waals surface area contributed by atoms with E-state index in [0.717, 1.165) is 21.8 Å². The molecule has 4 nitrogen and oxygen atoms in total. The van der Waals surface area contributed by atoms with Crippen molar-refractivity contribution in [3.8, 4) is 0 Å². The summed E-state index contributed by atoms with van der Waals surface area (Å²) in [5.41, 5.74) is 0.473. The Kier molecular flexibility index (Phi) is 3.59. The summed E-state index contributed by atoms with van der Waals surface area (Å²) in [5, 5.41) is 1.98. The molecule has 116 valence electrons. The predicted molar refractivity (Wildman–Crippen MR) is 90.0 cm³/mol. The van der Waals surface area contributed by atoms with Crippen molar-refractivity contribution in [1.82, 2.24) is 9.55 Å². The first-order valence-electron chi connectivity index (χ1n) is 6.58. The van der Waals surface area contributed by atoms with Crippen LogP contribution < -0.4 is 0 Å². The SMILES string of the molecule is CC(C)(OC(=O)n1ccc2c3cc[nH]c3ccc21)C(Cl)(Cl)Cl. The lowest BCUT2D eigenvalue weighted by Gasteiger charge is -2.31. The molecule has 1 N–H and O–H groups in total. The van der Waals surface area contributed by atoms with E-state index in [-0.39, 0.29) is 0 Å².